The molecule has 1 aromatic rings. The number of halogens is 2. The molecule has 0 saturated carbocycles. The van der Waals surface area contributed by atoms with Crippen LogP contribution in [-0.2, 0) is 6.54 Å². The molecule has 0 spiro atoms. The van der Waals surface area contributed by atoms with Gasteiger partial charge in [0.1, 0.15) is 5.75 Å². The lowest BCUT2D eigenvalue weighted by Crippen LogP contribution is -2.46. The SMILES string of the molecule is OCC1(O)CCN(Cc2cc(Cl)c(Cl)cc2O)CC1. The molecule has 0 unspecified atom stereocenters. The number of phenols is 1. The number of phenolic OH excluding ortho intramolecular Hbond substituents is 1. The van der Waals surface area contributed by atoms with Gasteiger partial charge in [0.2, 0.25) is 0 Å². The number of aromatic hydroxyl groups is 1. The summed E-state index contributed by atoms with van der Waals surface area (Å²) in [6.45, 7) is 1.66. The van der Waals surface area contributed by atoms with Gasteiger partial charge in [0.15, 0.2) is 0 Å². The van der Waals surface area contributed by atoms with Gasteiger partial charge in [0.05, 0.1) is 22.3 Å². The maximum absolute atomic E-state index is 9.93. The Bertz CT molecular complexity index is 459. The summed E-state index contributed by atoms with van der Waals surface area (Å²) in [5.41, 5.74) is -0.250. The lowest BCUT2D eigenvalue weighted by Gasteiger charge is -2.37. The van der Waals surface area contributed by atoms with Crippen LogP contribution >= 0.6 is 23.2 Å². The van der Waals surface area contributed by atoms with Crippen molar-refractivity contribution < 1.29 is 15.3 Å². The number of rotatable bonds is 3. The molecule has 1 aliphatic heterocycles. The largest absolute Gasteiger partial charge is 0.508 e. The Morgan fingerprint density at radius 1 is 1.16 bits per heavy atom. The normalized spacial score (nSPS) is 19.6. The van der Waals surface area contributed by atoms with Crippen LogP contribution in [0.25, 0.3) is 0 Å². The molecule has 19 heavy (non-hydrogen) atoms. The van der Waals surface area contributed by atoms with Crippen molar-refractivity contribution in [3.05, 3.63) is 27.7 Å². The predicted octanol–water partition coefficient (Wildman–Crippen LogP) is 2.02. The third kappa shape index (κ3) is 3.52. The van der Waals surface area contributed by atoms with Gasteiger partial charge in [0, 0.05) is 31.3 Å². The molecule has 1 saturated heterocycles. The van der Waals surface area contributed by atoms with Gasteiger partial charge in [0.25, 0.3) is 0 Å². The van der Waals surface area contributed by atoms with Crippen LogP contribution in [0.2, 0.25) is 10.0 Å². The number of hydrogen-bond acceptors (Lipinski definition) is 4. The van der Waals surface area contributed by atoms with E-state index >= 15 is 0 Å². The van der Waals surface area contributed by atoms with E-state index in [1.807, 2.05) is 0 Å². The van der Waals surface area contributed by atoms with E-state index in [0.717, 1.165) is 0 Å². The van der Waals surface area contributed by atoms with Crippen molar-refractivity contribution in [1.82, 2.24) is 4.90 Å². The Morgan fingerprint density at radius 2 is 1.74 bits per heavy atom. The quantitative estimate of drug-likeness (QED) is 0.799. The number of piperidine rings is 1. The second kappa shape index (κ2) is 5.85. The molecule has 4 nitrogen and oxygen atoms in total. The van der Waals surface area contributed by atoms with E-state index in [1.165, 1.54) is 6.07 Å². The molecule has 1 aliphatic rings. The summed E-state index contributed by atoms with van der Waals surface area (Å²) in [4.78, 5) is 2.10. The van der Waals surface area contributed by atoms with Gasteiger partial charge in [-0.3, -0.25) is 4.90 Å². The minimum Gasteiger partial charge on any atom is -0.508 e. The minimum absolute atomic E-state index is 0.123. The molecular weight excluding hydrogens is 289 g/mol. The Hall–Kier alpha value is -0.520. The van der Waals surface area contributed by atoms with Gasteiger partial charge in [-0.2, -0.15) is 0 Å². The first-order valence-corrected chi connectivity index (χ1v) is 6.91. The van der Waals surface area contributed by atoms with Crippen molar-refractivity contribution in [2.75, 3.05) is 19.7 Å². The molecule has 1 aromatic carbocycles. The van der Waals surface area contributed by atoms with Crippen LogP contribution in [0.1, 0.15) is 18.4 Å². The lowest BCUT2D eigenvalue weighted by atomic mass is 9.92. The Labute approximate surface area is 122 Å². The molecular formula is C13H17Cl2NO3. The molecule has 0 aromatic heterocycles. The van der Waals surface area contributed by atoms with Crippen LogP contribution in [-0.4, -0.2) is 45.5 Å². The molecule has 1 fully saturated rings. The first-order chi connectivity index (χ1) is 8.93. The van der Waals surface area contributed by atoms with Gasteiger partial charge < -0.3 is 15.3 Å². The lowest BCUT2D eigenvalue weighted by molar-refractivity contribution is -0.0607. The van der Waals surface area contributed by atoms with Gasteiger partial charge in [-0.1, -0.05) is 23.2 Å². The van der Waals surface area contributed by atoms with Crippen molar-refractivity contribution in [1.29, 1.82) is 0 Å². The summed E-state index contributed by atoms with van der Waals surface area (Å²) >= 11 is 11.8. The van der Waals surface area contributed by atoms with Gasteiger partial charge >= 0.3 is 0 Å². The Morgan fingerprint density at radius 3 is 2.32 bits per heavy atom. The van der Waals surface area contributed by atoms with Crippen molar-refractivity contribution in [3.8, 4) is 5.75 Å². The zero-order chi connectivity index (χ0) is 14.0. The molecule has 0 aliphatic carbocycles. The molecule has 0 amide bonds. The fourth-order valence-corrected chi connectivity index (χ4v) is 2.57. The predicted molar refractivity (Wildman–Crippen MR) is 74.7 cm³/mol. The second-order valence-corrected chi connectivity index (χ2v) is 5.87. The number of benzene rings is 1. The highest BCUT2D eigenvalue weighted by atomic mass is 35.5. The standard InChI is InChI=1S/C13H17Cl2NO3/c14-10-5-9(12(18)6-11(10)15)7-16-3-1-13(19,8-17)2-4-16/h5-6,17-19H,1-4,7-8H2. The maximum Gasteiger partial charge on any atom is 0.121 e. The minimum atomic E-state index is -0.962. The maximum atomic E-state index is 9.93. The molecule has 0 bridgehead atoms. The topological polar surface area (TPSA) is 63.9 Å². The van der Waals surface area contributed by atoms with E-state index in [9.17, 15) is 10.2 Å². The van der Waals surface area contributed by atoms with Gasteiger partial charge in [-0.05, 0) is 18.9 Å². The number of nitrogens with zero attached hydrogens (tertiary/aromatic N) is 1. The third-order valence-corrected chi connectivity index (χ3v) is 4.32. The number of likely N-dealkylation sites (tertiary alicyclic amines) is 1. The molecule has 6 heteroatoms. The van der Waals surface area contributed by atoms with Crippen LogP contribution in [0, 0.1) is 0 Å². The Kier molecular flexibility index (Phi) is 4.58. The average Bonchev–Trinajstić information content (AvgIpc) is 2.39. The van der Waals surface area contributed by atoms with Crippen LogP contribution in [0.5, 0.6) is 5.75 Å². The number of hydrogen-bond donors (Lipinski definition) is 3. The molecule has 3 N–H and O–H groups in total. The monoisotopic (exact) mass is 305 g/mol. The number of aliphatic hydroxyl groups excluding tert-OH is 1. The van der Waals surface area contributed by atoms with E-state index in [1.54, 1.807) is 6.07 Å². The molecule has 1 heterocycles. The van der Waals surface area contributed by atoms with Crippen LogP contribution < -0.4 is 0 Å². The smallest absolute Gasteiger partial charge is 0.121 e. The van der Waals surface area contributed by atoms with E-state index in [2.05, 4.69) is 4.90 Å². The van der Waals surface area contributed by atoms with Crippen LogP contribution in [0.3, 0.4) is 0 Å². The zero-order valence-electron chi connectivity index (χ0n) is 10.4. The summed E-state index contributed by atoms with van der Waals surface area (Å²) in [6, 6.07) is 3.10. The van der Waals surface area contributed by atoms with E-state index in [-0.39, 0.29) is 12.4 Å². The van der Waals surface area contributed by atoms with Crippen molar-refractivity contribution in [2.45, 2.75) is 25.0 Å². The highest BCUT2D eigenvalue weighted by Gasteiger charge is 2.31. The fourth-order valence-electron chi connectivity index (χ4n) is 2.23. The second-order valence-electron chi connectivity index (χ2n) is 5.05. The van der Waals surface area contributed by atoms with Crippen molar-refractivity contribution >= 4 is 23.2 Å². The first kappa shape index (κ1) is 14.9. The highest BCUT2D eigenvalue weighted by molar-refractivity contribution is 6.42. The van der Waals surface area contributed by atoms with E-state index in [4.69, 9.17) is 28.3 Å². The van der Waals surface area contributed by atoms with Crippen LogP contribution in [0.4, 0.5) is 0 Å². The average molecular weight is 306 g/mol. The highest BCUT2D eigenvalue weighted by Crippen LogP contribution is 2.31. The summed E-state index contributed by atoms with van der Waals surface area (Å²) < 4.78 is 0. The molecule has 0 radical (unpaired) electrons. The summed E-state index contributed by atoms with van der Waals surface area (Å²) in [7, 11) is 0. The van der Waals surface area contributed by atoms with E-state index in [0.29, 0.717) is 48.1 Å². The fraction of sp³-hybridized carbons (Fsp3) is 0.538. The summed E-state index contributed by atoms with van der Waals surface area (Å²) in [5.74, 6) is 0.123. The summed E-state index contributed by atoms with van der Waals surface area (Å²) in [5, 5.41) is 29.6. The van der Waals surface area contributed by atoms with Gasteiger partial charge in [-0.25, -0.2) is 0 Å². The van der Waals surface area contributed by atoms with Crippen molar-refractivity contribution in [3.63, 3.8) is 0 Å². The van der Waals surface area contributed by atoms with Crippen LogP contribution in [0.15, 0.2) is 12.1 Å². The Balaban J connectivity index is 2.02. The number of aliphatic hydroxyl groups is 2. The van der Waals surface area contributed by atoms with E-state index < -0.39 is 5.60 Å². The zero-order valence-corrected chi connectivity index (χ0v) is 12.0. The van der Waals surface area contributed by atoms with Gasteiger partial charge in [-0.15, -0.1) is 0 Å². The third-order valence-electron chi connectivity index (χ3n) is 3.60. The molecule has 106 valence electrons. The molecule has 2 rings (SSSR count). The van der Waals surface area contributed by atoms with Crippen molar-refractivity contribution in [2.24, 2.45) is 0 Å². The summed E-state index contributed by atoms with van der Waals surface area (Å²) in [6.07, 6.45) is 1.04. The molecule has 0 atom stereocenters. The first-order valence-electron chi connectivity index (χ1n) is 6.16.